The smallest absolute Gasteiger partial charge is 0.325 e. The predicted molar refractivity (Wildman–Crippen MR) is 109 cm³/mol. The third-order valence-electron chi connectivity index (χ3n) is 3.82. The van der Waals surface area contributed by atoms with Crippen LogP contribution in [0.1, 0.15) is 25.3 Å². The van der Waals surface area contributed by atoms with Gasteiger partial charge in [0.15, 0.2) is 0 Å². The van der Waals surface area contributed by atoms with Crippen LogP contribution in [0, 0.1) is 0 Å². The second-order valence-electron chi connectivity index (χ2n) is 6.64. The zero-order chi connectivity index (χ0) is 19.4. The molecule has 1 atom stereocenters. The highest BCUT2D eigenvalue weighted by Crippen LogP contribution is 2.39. The maximum Gasteiger partial charge on any atom is 0.327 e. The van der Waals surface area contributed by atoms with Crippen LogP contribution in [0.3, 0.4) is 0 Å². The fourth-order valence-corrected chi connectivity index (χ4v) is 5.30. The monoisotopic (exact) mass is 433 g/mol. The van der Waals surface area contributed by atoms with Crippen LogP contribution in [0.2, 0.25) is 10.0 Å². The molecule has 0 unspecified atom stereocenters. The summed E-state index contributed by atoms with van der Waals surface area (Å²) >= 11 is 14.0. The van der Waals surface area contributed by atoms with Crippen molar-refractivity contribution < 1.29 is 14.4 Å². The number of rotatable bonds is 8. The molecule has 0 amide bonds. The van der Waals surface area contributed by atoms with E-state index in [0.29, 0.717) is 29.3 Å². The van der Waals surface area contributed by atoms with E-state index in [1.165, 1.54) is 0 Å². The van der Waals surface area contributed by atoms with Gasteiger partial charge in [-0.1, -0.05) is 47.1 Å². The maximum absolute atomic E-state index is 11.1. The van der Waals surface area contributed by atoms with Gasteiger partial charge in [0.05, 0.1) is 6.16 Å². The first kappa shape index (κ1) is 21.8. The average Bonchev–Trinajstić information content (AvgIpc) is 2.47. The van der Waals surface area contributed by atoms with Gasteiger partial charge in [0, 0.05) is 25.4 Å². The van der Waals surface area contributed by atoms with Gasteiger partial charge in [-0.25, -0.2) is 0 Å². The molecule has 0 fully saturated rings. The van der Waals surface area contributed by atoms with Crippen molar-refractivity contribution in [1.82, 2.24) is 0 Å². The van der Waals surface area contributed by atoms with Gasteiger partial charge in [-0.3, -0.25) is 4.57 Å². The third kappa shape index (κ3) is 7.61. The van der Waals surface area contributed by atoms with E-state index in [-0.39, 0.29) is 6.16 Å². The topological polar surface area (TPSA) is 83.6 Å². The maximum atomic E-state index is 11.1. The Labute approximate surface area is 168 Å². The molecule has 8 heteroatoms. The number of hydrogen-bond donors (Lipinski definition) is 3. The molecule has 26 heavy (non-hydrogen) atoms. The van der Waals surface area contributed by atoms with Crippen molar-refractivity contribution in [3.8, 4) is 0 Å². The Hall–Kier alpha value is -0.520. The largest absolute Gasteiger partial charge is 0.327 e. The molecule has 142 valence electrons. The standard InChI is InChI=1S/C18H22Cl2NO3PS/c1-18(21,12-25(22,23)24)9-3-4-13-7-8-16(11-17(13)20)26-15-6-2-5-14(19)10-15/h2,5-8,10-11H,3-4,9,12,21H2,1H3,(H2,22,23,24)/t18-/m1/s1. The summed E-state index contributed by atoms with van der Waals surface area (Å²) in [4.78, 5) is 20.2. The van der Waals surface area contributed by atoms with E-state index in [2.05, 4.69) is 0 Å². The SMILES string of the molecule is C[C@@](N)(CCCc1ccc(Sc2cccc(Cl)c2)cc1Cl)CP(=O)(O)O. The van der Waals surface area contributed by atoms with Crippen LogP contribution in [0.15, 0.2) is 52.3 Å². The Morgan fingerprint density at radius 2 is 1.85 bits per heavy atom. The zero-order valence-corrected chi connectivity index (χ0v) is 17.6. The molecule has 0 spiro atoms. The van der Waals surface area contributed by atoms with Crippen molar-refractivity contribution in [3.63, 3.8) is 0 Å². The summed E-state index contributed by atoms with van der Waals surface area (Å²) < 4.78 is 11.1. The summed E-state index contributed by atoms with van der Waals surface area (Å²) in [6.07, 6.45) is 1.60. The summed E-state index contributed by atoms with van der Waals surface area (Å²) in [6, 6.07) is 13.5. The second kappa shape index (κ2) is 9.11. The van der Waals surface area contributed by atoms with E-state index in [0.717, 1.165) is 15.4 Å². The Kier molecular flexibility index (Phi) is 7.63. The van der Waals surface area contributed by atoms with Gasteiger partial charge >= 0.3 is 7.60 Å². The lowest BCUT2D eigenvalue weighted by molar-refractivity contribution is 0.348. The number of nitrogens with two attached hydrogens (primary N) is 1. The quantitative estimate of drug-likeness (QED) is 0.487. The van der Waals surface area contributed by atoms with Crippen molar-refractivity contribution in [2.45, 2.75) is 41.5 Å². The first-order chi connectivity index (χ1) is 12.0. The molecule has 0 aliphatic carbocycles. The lowest BCUT2D eigenvalue weighted by Crippen LogP contribution is -2.40. The number of hydrogen-bond acceptors (Lipinski definition) is 3. The van der Waals surface area contributed by atoms with Crippen molar-refractivity contribution in [2.24, 2.45) is 5.73 Å². The fraction of sp³-hybridized carbons (Fsp3) is 0.333. The number of halogens is 2. The molecule has 0 aromatic heterocycles. The first-order valence-electron chi connectivity index (χ1n) is 8.09. The number of benzene rings is 2. The summed E-state index contributed by atoms with van der Waals surface area (Å²) in [6.45, 7) is 1.67. The van der Waals surface area contributed by atoms with Crippen molar-refractivity contribution in [1.29, 1.82) is 0 Å². The van der Waals surface area contributed by atoms with Crippen molar-refractivity contribution in [2.75, 3.05) is 6.16 Å². The lowest BCUT2D eigenvalue weighted by atomic mass is 9.96. The lowest BCUT2D eigenvalue weighted by Gasteiger charge is -2.24. The normalized spacial score (nSPS) is 14.2. The second-order valence-corrected chi connectivity index (χ2v) is 10.3. The van der Waals surface area contributed by atoms with Gasteiger partial charge in [-0.15, -0.1) is 0 Å². The van der Waals surface area contributed by atoms with Crippen LogP contribution >= 0.6 is 42.6 Å². The van der Waals surface area contributed by atoms with E-state index in [9.17, 15) is 4.57 Å². The molecular formula is C18H22Cl2NO3PS. The molecule has 2 aromatic rings. The minimum atomic E-state index is -4.12. The van der Waals surface area contributed by atoms with Gasteiger partial charge in [-0.05, 0) is 62.1 Å². The van der Waals surface area contributed by atoms with Gasteiger partial charge in [0.25, 0.3) is 0 Å². The molecule has 0 radical (unpaired) electrons. The third-order valence-corrected chi connectivity index (χ3v) is 6.52. The fourth-order valence-electron chi connectivity index (χ4n) is 2.69. The molecule has 0 saturated heterocycles. The number of aryl methyl sites for hydroxylation is 1. The minimum Gasteiger partial charge on any atom is -0.325 e. The Morgan fingerprint density at radius 3 is 2.46 bits per heavy atom. The van der Waals surface area contributed by atoms with Crippen LogP contribution in [0.4, 0.5) is 0 Å². The summed E-state index contributed by atoms with van der Waals surface area (Å²) in [5.74, 6) is 0. The van der Waals surface area contributed by atoms with Crippen LogP contribution in [0.5, 0.6) is 0 Å². The minimum absolute atomic E-state index is 0.317. The molecule has 2 rings (SSSR count). The van der Waals surface area contributed by atoms with Crippen molar-refractivity contribution >= 4 is 42.6 Å². The highest BCUT2D eigenvalue weighted by molar-refractivity contribution is 7.99. The molecule has 0 saturated carbocycles. The predicted octanol–water partition coefficient (Wildman–Crippen LogP) is 5.36. The highest BCUT2D eigenvalue weighted by atomic mass is 35.5. The molecule has 0 bridgehead atoms. The average molecular weight is 434 g/mol. The van der Waals surface area contributed by atoms with Crippen molar-refractivity contribution in [3.05, 3.63) is 58.1 Å². The van der Waals surface area contributed by atoms with E-state index in [1.54, 1.807) is 18.7 Å². The highest BCUT2D eigenvalue weighted by Gasteiger charge is 2.28. The summed E-state index contributed by atoms with van der Waals surface area (Å²) in [7, 11) is -4.12. The van der Waals surface area contributed by atoms with E-state index in [4.69, 9.17) is 38.7 Å². The Bertz CT molecular complexity index is 811. The Morgan fingerprint density at radius 1 is 1.15 bits per heavy atom. The summed E-state index contributed by atoms with van der Waals surface area (Å²) in [5.41, 5.74) is 6.09. The molecule has 0 heterocycles. The van der Waals surface area contributed by atoms with Gasteiger partial charge < -0.3 is 15.5 Å². The molecule has 0 aliphatic rings. The van der Waals surface area contributed by atoms with Crippen LogP contribution in [-0.4, -0.2) is 21.5 Å². The molecule has 4 N–H and O–H groups in total. The van der Waals surface area contributed by atoms with Gasteiger partial charge in [-0.2, -0.15) is 0 Å². The Balaban J connectivity index is 1.94. The molecular weight excluding hydrogens is 412 g/mol. The first-order valence-corrected chi connectivity index (χ1v) is 11.5. The van der Waals surface area contributed by atoms with Crippen LogP contribution in [-0.2, 0) is 11.0 Å². The van der Waals surface area contributed by atoms with E-state index in [1.807, 2.05) is 42.5 Å². The molecule has 0 aliphatic heterocycles. The van der Waals surface area contributed by atoms with Gasteiger partial charge in [0.2, 0.25) is 0 Å². The molecule has 4 nitrogen and oxygen atoms in total. The zero-order valence-electron chi connectivity index (χ0n) is 14.4. The van der Waals surface area contributed by atoms with E-state index >= 15 is 0 Å². The molecule has 2 aromatic carbocycles. The summed E-state index contributed by atoms with van der Waals surface area (Å²) in [5, 5.41) is 1.36. The van der Waals surface area contributed by atoms with Crippen LogP contribution in [0.25, 0.3) is 0 Å². The van der Waals surface area contributed by atoms with E-state index < -0.39 is 13.1 Å². The van der Waals surface area contributed by atoms with Gasteiger partial charge in [0.1, 0.15) is 0 Å². The van der Waals surface area contributed by atoms with Crippen LogP contribution < -0.4 is 5.73 Å².